The Balaban J connectivity index is 2.02. The van der Waals surface area contributed by atoms with E-state index < -0.39 is 9.84 Å². The highest BCUT2D eigenvalue weighted by atomic mass is 32.2. The Kier molecular flexibility index (Phi) is 4.73. The molecule has 1 heterocycles. The summed E-state index contributed by atoms with van der Waals surface area (Å²) in [6.45, 7) is 1.92. The Morgan fingerprint density at radius 2 is 1.67 bits per heavy atom. The third kappa shape index (κ3) is 3.37. The lowest BCUT2D eigenvalue weighted by Gasteiger charge is -2.10. The predicted octanol–water partition coefficient (Wildman–Crippen LogP) is 3.27. The van der Waals surface area contributed by atoms with Crippen LogP contribution in [0.3, 0.4) is 0 Å². The van der Waals surface area contributed by atoms with Crippen LogP contribution in [0.4, 0.5) is 0 Å². The number of para-hydroxylation sites is 1. The second-order valence-corrected chi connectivity index (χ2v) is 8.11. The Morgan fingerprint density at radius 1 is 1.00 bits per heavy atom. The lowest BCUT2D eigenvalue weighted by molar-refractivity contribution is 0.593. The number of hydrogen-bond donors (Lipinski definition) is 0. The van der Waals surface area contributed by atoms with E-state index in [-0.39, 0.29) is 5.75 Å². The van der Waals surface area contributed by atoms with Gasteiger partial charge in [-0.05, 0) is 37.4 Å². The minimum absolute atomic E-state index is 0.196. The minimum atomic E-state index is -3.49. The van der Waals surface area contributed by atoms with Crippen LogP contribution in [0.2, 0.25) is 0 Å². The number of sulfone groups is 1. The molecule has 2 aromatic carbocycles. The fraction of sp³-hybridized carbons (Fsp3) is 0.176. The summed E-state index contributed by atoms with van der Waals surface area (Å²) in [5, 5.41) is 8.88. The predicted molar refractivity (Wildman–Crippen MR) is 95.2 cm³/mol. The number of benzene rings is 2. The molecule has 3 aromatic rings. The average molecular weight is 359 g/mol. The molecule has 0 saturated carbocycles. The zero-order valence-corrected chi connectivity index (χ0v) is 15.0. The number of rotatable bonds is 5. The normalized spacial score (nSPS) is 11.6. The van der Waals surface area contributed by atoms with Crippen LogP contribution in [-0.2, 0) is 15.6 Å². The highest BCUT2D eigenvalue weighted by molar-refractivity contribution is 7.98. The molecule has 0 aliphatic heterocycles. The van der Waals surface area contributed by atoms with Crippen molar-refractivity contribution in [3.05, 3.63) is 66.0 Å². The molecule has 0 bridgehead atoms. The van der Waals surface area contributed by atoms with Crippen molar-refractivity contribution in [3.8, 4) is 5.69 Å². The Labute approximate surface area is 145 Å². The molecule has 0 aliphatic carbocycles. The van der Waals surface area contributed by atoms with E-state index in [1.807, 2.05) is 43.5 Å². The van der Waals surface area contributed by atoms with Crippen molar-refractivity contribution < 1.29 is 8.42 Å². The standard InChI is InChI=1S/C17H17N3O2S2/c1-13-8-10-15(11-9-13)24(21,22)12-16-18-19-17(23-2)20(16)14-6-4-3-5-7-14/h3-11H,12H2,1-2H3. The van der Waals surface area contributed by atoms with Gasteiger partial charge in [0, 0.05) is 5.69 Å². The van der Waals surface area contributed by atoms with Crippen molar-refractivity contribution in [1.29, 1.82) is 0 Å². The summed E-state index contributed by atoms with van der Waals surface area (Å²) < 4.78 is 27.2. The quantitative estimate of drug-likeness (QED) is 0.654. The van der Waals surface area contributed by atoms with Crippen LogP contribution in [0.5, 0.6) is 0 Å². The van der Waals surface area contributed by atoms with Crippen LogP contribution >= 0.6 is 11.8 Å². The number of thioether (sulfide) groups is 1. The zero-order chi connectivity index (χ0) is 17.2. The number of hydrogen-bond acceptors (Lipinski definition) is 5. The molecule has 0 unspecified atom stereocenters. The monoisotopic (exact) mass is 359 g/mol. The summed E-state index contributed by atoms with van der Waals surface area (Å²) in [5.74, 6) is 0.213. The van der Waals surface area contributed by atoms with E-state index in [4.69, 9.17) is 0 Å². The van der Waals surface area contributed by atoms with Gasteiger partial charge < -0.3 is 0 Å². The fourth-order valence-electron chi connectivity index (χ4n) is 2.36. The molecule has 5 nitrogen and oxygen atoms in total. The molecule has 0 fully saturated rings. The topological polar surface area (TPSA) is 64.8 Å². The van der Waals surface area contributed by atoms with E-state index in [0.29, 0.717) is 15.9 Å². The molecule has 0 atom stereocenters. The van der Waals surface area contributed by atoms with Crippen LogP contribution in [0.1, 0.15) is 11.4 Å². The first-order chi connectivity index (χ1) is 11.5. The largest absolute Gasteiger partial charge is 0.273 e. The van der Waals surface area contributed by atoms with Gasteiger partial charge in [0.25, 0.3) is 0 Å². The van der Waals surface area contributed by atoms with Crippen molar-refractivity contribution in [3.63, 3.8) is 0 Å². The fourth-order valence-corrected chi connectivity index (χ4v) is 4.12. The van der Waals surface area contributed by atoms with Gasteiger partial charge in [-0.15, -0.1) is 10.2 Å². The SMILES string of the molecule is CSc1nnc(CS(=O)(=O)c2ccc(C)cc2)n1-c1ccccc1. The van der Waals surface area contributed by atoms with Crippen LogP contribution in [0.15, 0.2) is 64.6 Å². The van der Waals surface area contributed by atoms with Gasteiger partial charge in [-0.25, -0.2) is 8.42 Å². The third-order valence-electron chi connectivity index (χ3n) is 3.60. The molecule has 0 spiro atoms. The summed E-state index contributed by atoms with van der Waals surface area (Å²) in [5.41, 5.74) is 1.87. The summed E-state index contributed by atoms with van der Waals surface area (Å²) in [6.07, 6.45) is 1.89. The van der Waals surface area contributed by atoms with Crippen molar-refractivity contribution in [2.45, 2.75) is 22.7 Å². The van der Waals surface area contributed by atoms with Crippen LogP contribution in [-0.4, -0.2) is 29.4 Å². The first kappa shape index (κ1) is 16.7. The van der Waals surface area contributed by atoms with E-state index in [2.05, 4.69) is 10.2 Å². The molecule has 1 aromatic heterocycles. The van der Waals surface area contributed by atoms with E-state index in [0.717, 1.165) is 11.3 Å². The smallest absolute Gasteiger partial charge is 0.195 e. The molecule has 24 heavy (non-hydrogen) atoms. The van der Waals surface area contributed by atoms with Gasteiger partial charge in [0.2, 0.25) is 0 Å². The van der Waals surface area contributed by atoms with Crippen LogP contribution in [0.25, 0.3) is 5.69 Å². The third-order valence-corrected chi connectivity index (χ3v) is 5.85. The van der Waals surface area contributed by atoms with Crippen molar-refractivity contribution in [2.24, 2.45) is 0 Å². The first-order valence-corrected chi connectivity index (χ1v) is 10.2. The van der Waals surface area contributed by atoms with Crippen molar-refractivity contribution >= 4 is 21.6 Å². The first-order valence-electron chi connectivity index (χ1n) is 7.34. The van der Waals surface area contributed by atoms with Gasteiger partial charge in [0.15, 0.2) is 20.8 Å². The minimum Gasteiger partial charge on any atom is -0.273 e. The molecule has 0 saturated heterocycles. The van der Waals surface area contributed by atoms with Gasteiger partial charge in [-0.1, -0.05) is 47.7 Å². The highest BCUT2D eigenvalue weighted by Gasteiger charge is 2.22. The molecule has 124 valence electrons. The van der Waals surface area contributed by atoms with Gasteiger partial charge in [-0.3, -0.25) is 4.57 Å². The second-order valence-electron chi connectivity index (χ2n) is 5.35. The number of aromatic nitrogens is 3. The van der Waals surface area contributed by atoms with Gasteiger partial charge >= 0.3 is 0 Å². The lowest BCUT2D eigenvalue weighted by Crippen LogP contribution is -2.11. The lowest BCUT2D eigenvalue weighted by atomic mass is 10.2. The molecule has 7 heteroatoms. The Bertz CT molecular complexity index is 934. The van der Waals surface area contributed by atoms with E-state index in [9.17, 15) is 8.42 Å². The molecule has 0 radical (unpaired) electrons. The van der Waals surface area contributed by atoms with Gasteiger partial charge in [0.05, 0.1) is 4.90 Å². The van der Waals surface area contributed by atoms with E-state index >= 15 is 0 Å². The van der Waals surface area contributed by atoms with Gasteiger partial charge in [-0.2, -0.15) is 0 Å². The maximum absolute atomic E-state index is 12.7. The average Bonchev–Trinajstić information content (AvgIpc) is 2.98. The molecule has 0 aliphatic rings. The van der Waals surface area contributed by atoms with Crippen molar-refractivity contribution in [2.75, 3.05) is 6.26 Å². The molecular weight excluding hydrogens is 342 g/mol. The number of aryl methyl sites for hydroxylation is 1. The van der Waals surface area contributed by atoms with Gasteiger partial charge in [0.1, 0.15) is 5.75 Å². The maximum atomic E-state index is 12.7. The zero-order valence-electron chi connectivity index (χ0n) is 13.4. The summed E-state index contributed by atoms with van der Waals surface area (Å²) in [7, 11) is -3.49. The van der Waals surface area contributed by atoms with Crippen molar-refractivity contribution in [1.82, 2.24) is 14.8 Å². The molecule has 0 N–H and O–H groups in total. The van der Waals surface area contributed by atoms with Crippen LogP contribution < -0.4 is 0 Å². The summed E-state index contributed by atoms with van der Waals surface area (Å²) >= 11 is 1.43. The molecule has 0 amide bonds. The number of nitrogens with zero attached hydrogens (tertiary/aromatic N) is 3. The molecular formula is C17H17N3O2S2. The maximum Gasteiger partial charge on any atom is 0.195 e. The Hall–Kier alpha value is -2.12. The summed E-state index contributed by atoms with van der Waals surface area (Å²) in [6, 6.07) is 16.4. The Morgan fingerprint density at radius 3 is 2.29 bits per heavy atom. The second kappa shape index (κ2) is 6.78. The van der Waals surface area contributed by atoms with Crippen LogP contribution in [0, 0.1) is 6.92 Å². The molecule has 3 rings (SSSR count). The highest BCUT2D eigenvalue weighted by Crippen LogP contribution is 2.23. The summed E-state index contributed by atoms with van der Waals surface area (Å²) in [4.78, 5) is 0.293. The van der Waals surface area contributed by atoms with E-state index in [1.165, 1.54) is 11.8 Å². The van der Waals surface area contributed by atoms with E-state index in [1.54, 1.807) is 28.8 Å².